The molecule has 1 amide bonds. The van der Waals surface area contributed by atoms with E-state index in [-0.39, 0.29) is 10.8 Å². The zero-order valence-electron chi connectivity index (χ0n) is 18.7. The molecular formula is C24H33N3O3S. The molecule has 1 N–H and O–H groups in total. The number of carbonyl (C=O) groups is 1. The molecule has 0 aromatic heterocycles. The fraction of sp³-hybridized carbons (Fsp3) is 0.458. The van der Waals surface area contributed by atoms with Gasteiger partial charge in [-0.25, -0.2) is 8.42 Å². The number of piperazine rings is 1. The van der Waals surface area contributed by atoms with Crippen LogP contribution in [0.1, 0.15) is 34.8 Å². The molecule has 1 heterocycles. The van der Waals surface area contributed by atoms with Gasteiger partial charge in [-0.1, -0.05) is 49.7 Å². The third-order valence-electron chi connectivity index (χ3n) is 6.03. The molecule has 0 radical (unpaired) electrons. The maximum atomic E-state index is 13.2. The molecule has 0 bridgehead atoms. The molecule has 2 aromatic carbocycles. The van der Waals surface area contributed by atoms with Crippen molar-refractivity contribution in [3.8, 4) is 0 Å². The molecule has 1 saturated heterocycles. The number of amides is 1. The molecule has 6 nitrogen and oxygen atoms in total. The third kappa shape index (κ3) is 5.93. The summed E-state index contributed by atoms with van der Waals surface area (Å²) in [6.07, 6.45) is 1.85. The van der Waals surface area contributed by atoms with Gasteiger partial charge in [-0.2, -0.15) is 4.31 Å². The Balaban J connectivity index is 1.69. The first kappa shape index (κ1) is 23.4. The molecule has 168 valence electrons. The Morgan fingerprint density at radius 3 is 2.39 bits per heavy atom. The predicted octanol–water partition coefficient (Wildman–Crippen LogP) is 2.93. The van der Waals surface area contributed by atoms with Crippen LogP contribution in [0.4, 0.5) is 0 Å². The zero-order valence-corrected chi connectivity index (χ0v) is 19.5. The summed E-state index contributed by atoms with van der Waals surface area (Å²) in [6.45, 7) is 6.79. The summed E-state index contributed by atoms with van der Waals surface area (Å²) in [5.74, 6) is 0.0895. The van der Waals surface area contributed by atoms with Crippen molar-refractivity contribution in [3.63, 3.8) is 0 Å². The fourth-order valence-electron chi connectivity index (χ4n) is 3.83. The Hall–Kier alpha value is -2.22. The van der Waals surface area contributed by atoms with E-state index >= 15 is 0 Å². The molecule has 1 atom stereocenters. The second kappa shape index (κ2) is 10.4. The van der Waals surface area contributed by atoms with Crippen LogP contribution >= 0.6 is 0 Å². The second-order valence-corrected chi connectivity index (χ2v) is 10.3. The molecule has 0 spiro atoms. The lowest BCUT2D eigenvalue weighted by atomic mass is 9.97. The minimum Gasteiger partial charge on any atom is -0.352 e. The van der Waals surface area contributed by atoms with Gasteiger partial charge in [0.15, 0.2) is 0 Å². The summed E-state index contributed by atoms with van der Waals surface area (Å²) in [5, 5.41) is 3.00. The molecule has 2 aromatic rings. The lowest BCUT2D eigenvalue weighted by Crippen LogP contribution is -2.47. The average molecular weight is 444 g/mol. The van der Waals surface area contributed by atoms with Crippen LogP contribution in [-0.2, 0) is 16.4 Å². The van der Waals surface area contributed by atoms with E-state index < -0.39 is 10.0 Å². The molecule has 1 aliphatic rings. The van der Waals surface area contributed by atoms with Crippen LogP contribution in [0, 0.1) is 12.8 Å². The molecular weight excluding hydrogens is 410 g/mol. The van der Waals surface area contributed by atoms with Crippen molar-refractivity contribution in [1.82, 2.24) is 14.5 Å². The summed E-state index contributed by atoms with van der Waals surface area (Å²) in [5.41, 5.74) is 2.29. The van der Waals surface area contributed by atoms with Gasteiger partial charge in [-0.15, -0.1) is 0 Å². The predicted molar refractivity (Wildman–Crippen MR) is 124 cm³/mol. The molecule has 1 fully saturated rings. The Kier molecular flexibility index (Phi) is 7.86. The van der Waals surface area contributed by atoms with E-state index in [1.165, 1.54) is 15.9 Å². The van der Waals surface area contributed by atoms with Crippen LogP contribution in [0.2, 0.25) is 0 Å². The SMILES string of the molecule is CC[C@@H](CNC(=O)c1ccc(C)c(S(=O)(=O)N2CCN(C)CC2)c1)Cc1ccccc1. The Labute approximate surface area is 186 Å². The summed E-state index contributed by atoms with van der Waals surface area (Å²) in [4.78, 5) is 15.1. The molecule has 0 saturated carbocycles. The Bertz CT molecular complexity index is 984. The largest absolute Gasteiger partial charge is 0.352 e. The van der Waals surface area contributed by atoms with E-state index in [1.54, 1.807) is 19.1 Å². The minimum atomic E-state index is -3.62. The highest BCUT2D eigenvalue weighted by Crippen LogP contribution is 2.23. The van der Waals surface area contributed by atoms with Gasteiger partial charge in [0.05, 0.1) is 4.90 Å². The number of sulfonamides is 1. The number of rotatable bonds is 8. The maximum absolute atomic E-state index is 13.2. The minimum absolute atomic E-state index is 0.223. The Morgan fingerprint density at radius 2 is 1.74 bits per heavy atom. The first-order valence-corrected chi connectivity index (χ1v) is 12.4. The van der Waals surface area contributed by atoms with Gasteiger partial charge in [-0.3, -0.25) is 4.79 Å². The standard InChI is InChI=1S/C24H33N3O3S/c1-4-20(16-21-8-6-5-7-9-21)18-25-24(28)22-11-10-19(2)23(17-22)31(29,30)27-14-12-26(3)13-15-27/h5-11,17,20H,4,12-16,18H2,1-3H3,(H,25,28)/t20-/m1/s1. The van der Waals surface area contributed by atoms with Crippen molar-refractivity contribution in [2.24, 2.45) is 5.92 Å². The third-order valence-corrected chi connectivity index (χ3v) is 8.07. The molecule has 7 heteroatoms. The van der Waals surface area contributed by atoms with Gasteiger partial charge in [0.2, 0.25) is 10.0 Å². The second-order valence-electron chi connectivity index (χ2n) is 8.36. The van der Waals surface area contributed by atoms with E-state index in [0.29, 0.717) is 49.8 Å². The smallest absolute Gasteiger partial charge is 0.251 e. The summed E-state index contributed by atoms with van der Waals surface area (Å²) in [6, 6.07) is 15.2. The van der Waals surface area contributed by atoms with E-state index in [9.17, 15) is 13.2 Å². The van der Waals surface area contributed by atoms with Crippen molar-refractivity contribution < 1.29 is 13.2 Å². The first-order valence-electron chi connectivity index (χ1n) is 10.9. The van der Waals surface area contributed by atoms with Crippen molar-refractivity contribution in [2.75, 3.05) is 39.8 Å². The van der Waals surface area contributed by atoms with Gasteiger partial charge < -0.3 is 10.2 Å². The number of nitrogens with one attached hydrogen (secondary N) is 1. The van der Waals surface area contributed by atoms with Gasteiger partial charge >= 0.3 is 0 Å². The van der Waals surface area contributed by atoms with E-state index in [4.69, 9.17) is 0 Å². The van der Waals surface area contributed by atoms with Crippen molar-refractivity contribution in [1.29, 1.82) is 0 Å². The highest BCUT2D eigenvalue weighted by molar-refractivity contribution is 7.89. The molecule has 1 aliphatic heterocycles. The van der Waals surface area contributed by atoms with E-state index in [1.807, 2.05) is 25.2 Å². The van der Waals surface area contributed by atoms with Crippen LogP contribution in [0.5, 0.6) is 0 Å². The fourth-order valence-corrected chi connectivity index (χ4v) is 5.51. The van der Waals surface area contributed by atoms with Crippen molar-refractivity contribution in [2.45, 2.75) is 31.6 Å². The van der Waals surface area contributed by atoms with Crippen LogP contribution in [-0.4, -0.2) is 63.3 Å². The number of hydrogen-bond donors (Lipinski definition) is 1. The van der Waals surface area contributed by atoms with Crippen molar-refractivity contribution in [3.05, 3.63) is 65.2 Å². The van der Waals surface area contributed by atoms with Gasteiger partial charge in [0.1, 0.15) is 0 Å². The Morgan fingerprint density at radius 1 is 1.06 bits per heavy atom. The highest BCUT2D eigenvalue weighted by atomic mass is 32.2. The normalized spacial score (nSPS) is 16.7. The van der Waals surface area contributed by atoms with Gasteiger partial charge in [-0.05, 0) is 49.6 Å². The quantitative estimate of drug-likeness (QED) is 0.681. The zero-order chi connectivity index (χ0) is 22.4. The highest BCUT2D eigenvalue weighted by Gasteiger charge is 2.29. The van der Waals surface area contributed by atoms with Crippen LogP contribution < -0.4 is 5.32 Å². The molecule has 0 aliphatic carbocycles. The lowest BCUT2D eigenvalue weighted by molar-refractivity contribution is 0.0946. The number of carbonyl (C=O) groups excluding carboxylic acids is 1. The topological polar surface area (TPSA) is 69.7 Å². The molecule has 0 unspecified atom stereocenters. The summed E-state index contributed by atoms with van der Waals surface area (Å²) in [7, 11) is -1.63. The number of hydrogen-bond acceptors (Lipinski definition) is 4. The number of likely N-dealkylation sites (N-methyl/N-ethyl adjacent to an activating group) is 1. The maximum Gasteiger partial charge on any atom is 0.251 e. The van der Waals surface area contributed by atoms with Crippen LogP contribution in [0.15, 0.2) is 53.4 Å². The number of aryl methyl sites for hydroxylation is 1. The van der Waals surface area contributed by atoms with Crippen LogP contribution in [0.25, 0.3) is 0 Å². The van der Waals surface area contributed by atoms with E-state index in [2.05, 4.69) is 29.3 Å². The van der Waals surface area contributed by atoms with Gasteiger partial charge in [0, 0.05) is 38.3 Å². The number of nitrogens with zero attached hydrogens (tertiary/aromatic N) is 2. The first-order chi connectivity index (χ1) is 14.8. The van der Waals surface area contributed by atoms with Gasteiger partial charge in [0.25, 0.3) is 5.91 Å². The summed E-state index contributed by atoms with van der Waals surface area (Å²) < 4.78 is 27.9. The lowest BCUT2D eigenvalue weighted by Gasteiger charge is -2.32. The number of benzene rings is 2. The molecule has 3 rings (SSSR count). The monoisotopic (exact) mass is 443 g/mol. The van der Waals surface area contributed by atoms with Crippen molar-refractivity contribution >= 4 is 15.9 Å². The molecule has 31 heavy (non-hydrogen) atoms. The summed E-state index contributed by atoms with van der Waals surface area (Å²) >= 11 is 0. The average Bonchev–Trinajstić information content (AvgIpc) is 2.77. The van der Waals surface area contributed by atoms with Crippen LogP contribution in [0.3, 0.4) is 0 Å². The van der Waals surface area contributed by atoms with E-state index in [0.717, 1.165) is 12.8 Å².